The molecule has 1 aliphatic rings. The second-order valence-electron chi connectivity index (χ2n) is 4.64. The van der Waals surface area contributed by atoms with Crippen molar-refractivity contribution >= 4 is 11.3 Å². The maximum absolute atomic E-state index is 9.08. The predicted octanol–water partition coefficient (Wildman–Crippen LogP) is 2.79. The van der Waals surface area contributed by atoms with E-state index >= 15 is 0 Å². The molecule has 1 saturated heterocycles. The molecule has 2 nitrogen and oxygen atoms in total. The molecule has 1 N–H and O–H groups in total. The van der Waals surface area contributed by atoms with Crippen LogP contribution in [0.5, 0.6) is 0 Å². The van der Waals surface area contributed by atoms with Gasteiger partial charge in [-0.25, -0.2) is 0 Å². The highest BCUT2D eigenvalue weighted by molar-refractivity contribution is 7.11. The third-order valence-electron chi connectivity index (χ3n) is 3.37. The Morgan fingerprint density at radius 1 is 1.44 bits per heavy atom. The van der Waals surface area contributed by atoms with Gasteiger partial charge in [0.05, 0.1) is 0 Å². The van der Waals surface area contributed by atoms with Gasteiger partial charge in [0.1, 0.15) is 0 Å². The fourth-order valence-electron chi connectivity index (χ4n) is 2.51. The van der Waals surface area contributed by atoms with E-state index in [9.17, 15) is 0 Å². The van der Waals surface area contributed by atoms with E-state index in [2.05, 4.69) is 24.0 Å². The number of nitrogens with zero attached hydrogens (tertiary/aromatic N) is 1. The molecular formula is C13H21NOS. The summed E-state index contributed by atoms with van der Waals surface area (Å²) in [5.41, 5.74) is 0. The van der Waals surface area contributed by atoms with Gasteiger partial charge in [-0.15, -0.1) is 11.3 Å². The van der Waals surface area contributed by atoms with Crippen LogP contribution in [0.15, 0.2) is 12.1 Å². The summed E-state index contributed by atoms with van der Waals surface area (Å²) >= 11 is 1.90. The Morgan fingerprint density at radius 3 is 3.00 bits per heavy atom. The molecule has 1 fully saturated rings. The molecule has 1 aromatic heterocycles. The summed E-state index contributed by atoms with van der Waals surface area (Å²) < 4.78 is 0. The van der Waals surface area contributed by atoms with E-state index in [1.165, 1.54) is 35.6 Å². The molecule has 0 aliphatic carbocycles. The van der Waals surface area contributed by atoms with Crippen LogP contribution in [0.2, 0.25) is 0 Å². The average Bonchev–Trinajstić information content (AvgIpc) is 2.67. The molecule has 3 heteroatoms. The molecule has 2 rings (SSSR count). The third kappa shape index (κ3) is 3.06. The molecule has 2 heterocycles. The summed E-state index contributed by atoms with van der Waals surface area (Å²) in [5.74, 6) is 0. The summed E-state index contributed by atoms with van der Waals surface area (Å²) in [5, 5.41) is 9.08. The summed E-state index contributed by atoms with van der Waals surface area (Å²) in [4.78, 5) is 5.40. The van der Waals surface area contributed by atoms with Crippen molar-refractivity contribution in [2.24, 2.45) is 0 Å². The fourth-order valence-corrected chi connectivity index (χ4v) is 3.43. The molecule has 1 aliphatic heterocycles. The number of hydrogen-bond acceptors (Lipinski definition) is 3. The number of aryl methyl sites for hydroxylation is 1. The summed E-state index contributed by atoms with van der Waals surface area (Å²) in [6.45, 7) is 4.75. The lowest BCUT2D eigenvalue weighted by atomic mass is 9.99. The zero-order valence-corrected chi connectivity index (χ0v) is 10.8. The smallest absolute Gasteiger partial charge is 0.0445 e. The maximum Gasteiger partial charge on any atom is 0.0445 e. The van der Waals surface area contributed by atoms with Gasteiger partial charge in [0.25, 0.3) is 0 Å². The standard InChI is InChI=1S/C13H21NOS/c1-11-5-6-13(16-11)10-14-8-3-2-4-12(14)7-9-15/h5-6,12,15H,2-4,7-10H2,1H3/t12-/m1/s1. The zero-order chi connectivity index (χ0) is 11.4. The zero-order valence-electron chi connectivity index (χ0n) is 9.98. The van der Waals surface area contributed by atoms with Gasteiger partial charge >= 0.3 is 0 Å². The van der Waals surface area contributed by atoms with Gasteiger partial charge in [0.15, 0.2) is 0 Å². The molecule has 0 spiro atoms. The highest BCUT2D eigenvalue weighted by Gasteiger charge is 2.21. The summed E-state index contributed by atoms with van der Waals surface area (Å²) in [6, 6.07) is 5.04. The van der Waals surface area contributed by atoms with Crippen LogP contribution in [0, 0.1) is 6.92 Å². The van der Waals surface area contributed by atoms with Gasteiger partial charge < -0.3 is 5.11 Å². The average molecular weight is 239 g/mol. The Bertz CT molecular complexity index is 321. The van der Waals surface area contributed by atoms with Crippen molar-refractivity contribution in [1.29, 1.82) is 0 Å². The van der Waals surface area contributed by atoms with Crippen LogP contribution in [-0.4, -0.2) is 29.2 Å². The first-order chi connectivity index (χ1) is 7.79. The molecule has 0 radical (unpaired) electrons. The predicted molar refractivity (Wildman–Crippen MR) is 68.8 cm³/mol. The first kappa shape index (κ1) is 12.1. The Morgan fingerprint density at radius 2 is 2.31 bits per heavy atom. The van der Waals surface area contributed by atoms with Crippen LogP contribution in [0.4, 0.5) is 0 Å². The topological polar surface area (TPSA) is 23.5 Å². The summed E-state index contributed by atoms with van der Waals surface area (Å²) in [6.07, 6.45) is 4.83. The Labute approximate surface area is 102 Å². The Kier molecular flexibility index (Phi) is 4.38. The van der Waals surface area contributed by atoms with Crippen molar-refractivity contribution in [3.05, 3.63) is 21.9 Å². The lowest BCUT2D eigenvalue weighted by Crippen LogP contribution is -2.39. The van der Waals surface area contributed by atoms with E-state index in [0.717, 1.165) is 13.0 Å². The minimum absolute atomic E-state index is 0.324. The van der Waals surface area contributed by atoms with Crippen LogP contribution in [0.3, 0.4) is 0 Å². The number of thiophene rings is 1. The van der Waals surface area contributed by atoms with Gasteiger partial charge in [-0.2, -0.15) is 0 Å². The largest absolute Gasteiger partial charge is 0.396 e. The van der Waals surface area contributed by atoms with Crippen LogP contribution in [0.1, 0.15) is 35.4 Å². The first-order valence-corrected chi connectivity index (χ1v) is 7.01. The molecular weight excluding hydrogens is 218 g/mol. The number of aliphatic hydroxyl groups excluding tert-OH is 1. The summed E-state index contributed by atoms with van der Waals surface area (Å²) in [7, 11) is 0. The van der Waals surface area contributed by atoms with Gasteiger partial charge in [0, 0.05) is 28.9 Å². The quantitative estimate of drug-likeness (QED) is 0.873. The third-order valence-corrected chi connectivity index (χ3v) is 4.35. The molecule has 16 heavy (non-hydrogen) atoms. The van der Waals surface area contributed by atoms with Crippen molar-refractivity contribution in [2.75, 3.05) is 13.2 Å². The number of piperidine rings is 1. The number of likely N-dealkylation sites (tertiary alicyclic amines) is 1. The molecule has 0 amide bonds. The molecule has 0 saturated carbocycles. The van der Waals surface area contributed by atoms with E-state index < -0.39 is 0 Å². The van der Waals surface area contributed by atoms with Gasteiger partial charge in [0.2, 0.25) is 0 Å². The molecule has 0 aromatic carbocycles. The molecule has 90 valence electrons. The minimum atomic E-state index is 0.324. The van der Waals surface area contributed by atoms with E-state index in [1.54, 1.807) is 0 Å². The maximum atomic E-state index is 9.08. The first-order valence-electron chi connectivity index (χ1n) is 6.20. The van der Waals surface area contributed by atoms with Gasteiger partial charge in [-0.1, -0.05) is 6.42 Å². The molecule has 0 unspecified atom stereocenters. The van der Waals surface area contributed by atoms with Crippen LogP contribution in [-0.2, 0) is 6.54 Å². The Hall–Kier alpha value is -0.380. The van der Waals surface area contributed by atoms with E-state index in [1.807, 2.05) is 11.3 Å². The van der Waals surface area contributed by atoms with Crippen molar-refractivity contribution < 1.29 is 5.11 Å². The molecule has 1 atom stereocenters. The lowest BCUT2D eigenvalue weighted by Gasteiger charge is -2.35. The van der Waals surface area contributed by atoms with Crippen molar-refractivity contribution in [1.82, 2.24) is 4.90 Å². The Balaban J connectivity index is 1.95. The molecule has 1 aromatic rings. The van der Waals surface area contributed by atoms with Crippen LogP contribution >= 0.6 is 11.3 Å². The normalized spacial score (nSPS) is 22.5. The van der Waals surface area contributed by atoms with Crippen molar-refractivity contribution in [2.45, 2.75) is 45.2 Å². The SMILES string of the molecule is Cc1ccc(CN2CCCC[C@@H]2CCO)s1. The monoisotopic (exact) mass is 239 g/mol. The highest BCUT2D eigenvalue weighted by atomic mass is 32.1. The second-order valence-corrected chi connectivity index (χ2v) is 6.02. The van der Waals surface area contributed by atoms with E-state index in [4.69, 9.17) is 5.11 Å². The minimum Gasteiger partial charge on any atom is -0.396 e. The second kappa shape index (κ2) is 5.80. The highest BCUT2D eigenvalue weighted by Crippen LogP contribution is 2.24. The number of aliphatic hydroxyl groups is 1. The van der Waals surface area contributed by atoms with Crippen LogP contribution in [0.25, 0.3) is 0 Å². The lowest BCUT2D eigenvalue weighted by molar-refractivity contribution is 0.113. The van der Waals surface area contributed by atoms with E-state index in [-0.39, 0.29) is 0 Å². The number of hydrogen-bond donors (Lipinski definition) is 1. The van der Waals surface area contributed by atoms with Crippen LogP contribution < -0.4 is 0 Å². The molecule has 0 bridgehead atoms. The van der Waals surface area contributed by atoms with Gasteiger partial charge in [-0.3, -0.25) is 4.90 Å². The fraction of sp³-hybridized carbons (Fsp3) is 0.692. The number of rotatable bonds is 4. The van der Waals surface area contributed by atoms with Crippen molar-refractivity contribution in [3.63, 3.8) is 0 Å². The van der Waals surface area contributed by atoms with Gasteiger partial charge in [-0.05, 0) is 44.9 Å². The van der Waals surface area contributed by atoms with Crippen molar-refractivity contribution in [3.8, 4) is 0 Å². The van der Waals surface area contributed by atoms with E-state index in [0.29, 0.717) is 12.6 Å².